The fourth-order valence-electron chi connectivity index (χ4n) is 1.60. The molecule has 0 saturated heterocycles. The number of halogens is 2. The predicted octanol–water partition coefficient (Wildman–Crippen LogP) is 4.79. The molecule has 2 aromatic rings. The van der Waals surface area contributed by atoms with E-state index < -0.39 is 5.97 Å². The first kappa shape index (κ1) is 13.7. The number of hydrogen-bond donors (Lipinski definition) is 1. The van der Waals surface area contributed by atoms with E-state index in [1.54, 1.807) is 18.2 Å². The third kappa shape index (κ3) is 3.19. The Morgan fingerprint density at radius 1 is 1.05 bits per heavy atom. The van der Waals surface area contributed by atoms with E-state index in [9.17, 15) is 4.79 Å². The molecule has 2 rings (SSSR count). The van der Waals surface area contributed by atoms with Crippen LogP contribution in [0.2, 0.25) is 10.0 Å². The molecular formula is C14H10Cl2O3. The van der Waals surface area contributed by atoms with Crippen LogP contribution in [0.5, 0.6) is 11.5 Å². The van der Waals surface area contributed by atoms with Gasteiger partial charge in [0.05, 0.1) is 0 Å². The van der Waals surface area contributed by atoms with Gasteiger partial charge in [-0.3, -0.25) is 0 Å². The monoisotopic (exact) mass is 296 g/mol. The molecule has 0 saturated carbocycles. The third-order valence-electron chi connectivity index (χ3n) is 2.53. The van der Waals surface area contributed by atoms with Crippen molar-refractivity contribution >= 4 is 29.2 Å². The zero-order valence-electron chi connectivity index (χ0n) is 9.98. The van der Waals surface area contributed by atoms with E-state index in [1.807, 2.05) is 6.92 Å². The van der Waals surface area contributed by atoms with Crippen LogP contribution < -0.4 is 4.74 Å². The third-order valence-corrected chi connectivity index (χ3v) is 3.00. The molecule has 5 heteroatoms. The highest BCUT2D eigenvalue weighted by Gasteiger charge is 2.13. The Bertz CT molecular complexity index is 639. The summed E-state index contributed by atoms with van der Waals surface area (Å²) in [6, 6.07) is 9.48. The average molecular weight is 297 g/mol. The van der Waals surface area contributed by atoms with Gasteiger partial charge in [0, 0.05) is 16.1 Å². The summed E-state index contributed by atoms with van der Waals surface area (Å²) < 4.78 is 5.61. The van der Waals surface area contributed by atoms with Gasteiger partial charge >= 0.3 is 5.97 Å². The summed E-state index contributed by atoms with van der Waals surface area (Å²) >= 11 is 11.7. The summed E-state index contributed by atoms with van der Waals surface area (Å²) in [7, 11) is 0. The summed E-state index contributed by atoms with van der Waals surface area (Å²) in [6.45, 7) is 1.83. The molecule has 0 fully saturated rings. The van der Waals surface area contributed by atoms with Crippen molar-refractivity contribution in [2.24, 2.45) is 0 Å². The van der Waals surface area contributed by atoms with Crippen molar-refractivity contribution in [3.63, 3.8) is 0 Å². The fraction of sp³-hybridized carbons (Fsp3) is 0.0714. The van der Waals surface area contributed by atoms with Crippen LogP contribution in [0.1, 0.15) is 15.9 Å². The first-order chi connectivity index (χ1) is 8.97. The lowest BCUT2D eigenvalue weighted by atomic mass is 10.2. The Morgan fingerprint density at radius 3 is 2.32 bits per heavy atom. The molecule has 19 heavy (non-hydrogen) atoms. The molecule has 0 amide bonds. The van der Waals surface area contributed by atoms with E-state index in [1.165, 1.54) is 18.2 Å². The molecule has 0 unspecified atom stereocenters. The summed E-state index contributed by atoms with van der Waals surface area (Å²) in [5.41, 5.74) is 0.863. The number of carboxylic acids is 1. The van der Waals surface area contributed by atoms with Crippen molar-refractivity contribution in [3.8, 4) is 11.5 Å². The summed E-state index contributed by atoms with van der Waals surface area (Å²) in [5.74, 6) is -0.335. The molecule has 0 aliphatic rings. The molecule has 0 atom stereocenters. The Hall–Kier alpha value is -1.71. The Balaban J connectivity index is 2.42. The topological polar surface area (TPSA) is 46.5 Å². The molecular weight excluding hydrogens is 287 g/mol. The van der Waals surface area contributed by atoms with E-state index in [4.69, 9.17) is 33.0 Å². The second-order valence-electron chi connectivity index (χ2n) is 3.96. The highest BCUT2D eigenvalue weighted by molar-refractivity contribution is 6.31. The van der Waals surface area contributed by atoms with Crippen LogP contribution in [-0.2, 0) is 0 Å². The molecule has 2 aromatic carbocycles. The van der Waals surface area contributed by atoms with Gasteiger partial charge in [0.15, 0.2) is 0 Å². The van der Waals surface area contributed by atoms with E-state index in [0.29, 0.717) is 15.8 Å². The van der Waals surface area contributed by atoms with Crippen LogP contribution in [0.4, 0.5) is 0 Å². The lowest BCUT2D eigenvalue weighted by Gasteiger charge is -2.11. The maximum atomic E-state index is 11.1. The first-order valence-electron chi connectivity index (χ1n) is 5.44. The number of benzene rings is 2. The van der Waals surface area contributed by atoms with Crippen LogP contribution in [0.15, 0.2) is 36.4 Å². The molecule has 0 heterocycles. The Morgan fingerprint density at radius 2 is 1.68 bits per heavy atom. The van der Waals surface area contributed by atoms with E-state index in [0.717, 1.165) is 5.56 Å². The maximum Gasteiger partial charge on any atom is 0.339 e. The van der Waals surface area contributed by atoms with E-state index >= 15 is 0 Å². The van der Waals surface area contributed by atoms with E-state index in [2.05, 4.69) is 0 Å². The number of aromatic carboxylic acids is 1. The zero-order chi connectivity index (χ0) is 14.0. The van der Waals surface area contributed by atoms with Gasteiger partial charge in [-0.25, -0.2) is 4.79 Å². The minimum Gasteiger partial charge on any atom is -0.478 e. The number of rotatable bonds is 3. The van der Waals surface area contributed by atoms with Gasteiger partial charge in [-0.2, -0.15) is 0 Å². The molecule has 98 valence electrons. The number of carboxylic acid groups (broad SMARTS) is 1. The van der Waals surface area contributed by atoms with Gasteiger partial charge < -0.3 is 9.84 Å². The molecule has 3 nitrogen and oxygen atoms in total. The Kier molecular flexibility index (Phi) is 3.98. The second kappa shape index (κ2) is 5.51. The van der Waals surface area contributed by atoms with Crippen molar-refractivity contribution in [2.45, 2.75) is 6.92 Å². The van der Waals surface area contributed by atoms with E-state index in [-0.39, 0.29) is 11.3 Å². The van der Waals surface area contributed by atoms with Gasteiger partial charge in [0.2, 0.25) is 0 Å². The van der Waals surface area contributed by atoms with Crippen LogP contribution in [0.25, 0.3) is 0 Å². The summed E-state index contributed by atoms with van der Waals surface area (Å²) in [4.78, 5) is 11.1. The van der Waals surface area contributed by atoms with Crippen molar-refractivity contribution in [1.29, 1.82) is 0 Å². The SMILES string of the molecule is Cc1cc(Cl)ccc1Oc1cc(Cl)ccc1C(=O)O. The van der Waals surface area contributed by atoms with Crippen molar-refractivity contribution in [2.75, 3.05) is 0 Å². The highest BCUT2D eigenvalue weighted by atomic mass is 35.5. The molecule has 0 aliphatic heterocycles. The molecule has 1 N–H and O–H groups in total. The standard InChI is InChI=1S/C14H10Cl2O3/c1-8-6-9(15)3-5-12(8)19-13-7-10(16)2-4-11(13)14(17)18/h2-7H,1H3,(H,17,18). The fourth-order valence-corrected chi connectivity index (χ4v) is 1.99. The van der Waals surface area contributed by atoms with Crippen molar-refractivity contribution < 1.29 is 14.6 Å². The predicted molar refractivity (Wildman–Crippen MR) is 74.7 cm³/mol. The van der Waals surface area contributed by atoms with Gasteiger partial charge in [0.1, 0.15) is 17.1 Å². The molecule has 0 bridgehead atoms. The summed E-state index contributed by atoms with van der Waals surface area (Å²) in [6.07, 6.45) is 0. The lowest BCUT2D eigenvalue weighted by Crippen LogP contribution is -2.00. The molecule has 0 aliphatic carbocycles. The van der Waals surface area contributed by atoms with Crippen LogP contribution in [0.3, 0.4) is 0 Å². The smallest absolute Gasteiger partial charge is 0.339 e. The summed E-state index contributed by atoms with van der Waals surface area (Å²) in [5, 5.41) is 10.1. The van der Waals surface area contributed by atoms with Gasteiger partial charge in [-0.15, -0.1) is 0 Å². The molecule has 0 spiro atoms. The number of aryl methyl sites for hydroxylation is 1. The highest BCUT2D eigenvalue weighted by Crippen LogP contribution is 2.31. The first-order valence-corrected chi connectivity index (χ1v) is 6.20. The second-order valence-corrected chi connectivity index (χ2v) is 4.83. The largest absolute Gasteiger partial charge is 0.478 e. The number of carbonyl (C=O) groups is 1. The average Bonchev–Trinajstić information content (AvgIpc) is 2.32. The number of ether oxygens (including phenoxy) is 1. The quantitative estimate of drug-likeness (QED) is 0.885. The minimum absolute atomic E-state index is 0.0544. The zero-order valence-corrected chi connectivity index (χ0v) is 11.5. The van der Waals surface area contributed by atoms with Gasteiger partial charge in [-0.1, -0.05) is 23.2 Å². The molecule has 0 aromatic heterocycles. The molecule has 0 radical (unpaired) electrons. The Labute approximate surface area is 120 Å². The lowest BCUT2D eigenvalue weighted by molar-refractivity contribution is 0.0694. The van der Waals surface area contributed by atoms with Crippen LogP contribution in [0, 0.1) is 6.92 Å². The van der Waals surface area contributed by atoms with Crippen molar-refractivity contribution in [3.05, 3.63) is 57.6 Å². The van der Waals surface area contributed by atoms with Crippen LogP contribution in [-0.4, -0.2) is 11.1 Å². The van der Waals surface area contributed by atoms with Crippen molar-refractivity contribution in [1.82, 2.24) is 0 Å². The van der Waals surface area contributed by atoms with Crippen LogP contribution >= 0.6 is 23.2 Å². The number of hydrogen-bond acceptors (Lipinski definition) is 2. The normalized spacial score (nSPS) is 10.3. The maximum absolute atomic E-state index is 11.1. The van der Waals surface area contributed by atoms with Gasteiger partial charge in [0.25, 0.3) is 0 Å². The minimum atomic E-state index is -1.07. The van der Waals surface area contributed by atoms with Gasteiger partial charge in [-0.05, 0) is 42.8 Å².